The Balaban J connectivity index is 1.23. The normalized spacial score (nSPS) is 15.5. The molecule has 0 saturated heterocycles. The minimum Gasteiger partial charge on any atom is -0.492 e. The molecular formula is C30H24N6O5S. The quantitative estimate of drug-likeness (QED) is 0.154. The molecule has 1 aromatic heterocycles. The standard InChI is InChI=1S/C30H24N6O5S/c1-19-24(23-9-5-6-10-26(23)34(19)15-16-40-22-13-11-20(12-14-22)36(38)39)17-25-28(31)35-30(32-29(25)37)42-27(33-35)18-41-21-7-3-2-4-8-21/h2-14,17,31H,15-16,18H2,1H3/b25-17-,31-28?. The van der Waals surface area contributed by atoms with Gasteiger partial charge in [-0.2, -0.15) is 15.1 Å². The lowest BCUT2D eigenvalue weighted by molar-refractivity contribution is -0.384. The number of fused-ring (bicyclic) bond motifs is 2. The fourth-order valence-electron chi connectivity index (χ4n) is 4.74. The number of thioether (sulfide) groups is 1. The van der Waals surface area contributed by atoms with Gasteiger partial charge < -0.3 is 14.0 Å². The molecule has 3 heterocycles. The predicted octanol–water partition coefficient (Wildman–Crippen LogP) is 5.64. The number of nitro benzene ring substituents is 1. The molecule has 2 aliphatic heterocycles. The number of amides is 1. The molecule has 0 bridgehead atoms. The largest absolute Gasteiger partial charge is 0.492 e. The molecule has 4 aromatic rings. The second kappa shape index (κ2) is 11.3. The number of carbonyl (C=O) groups excluding carboxylic acids is 1. The summed E-state index contributed by atoms with van der Waals surface area (Å²) in [7, 11) is 0. The topological polar surface area (TPSA) is 135 Å². The van der Waals surface area contributed by atoms with Crippen molar-refractivity contribution in [1.82, 2.24) is 9.58 Å². The fourth-order valence-corrected chi connectivity index (χ4v) is 5.54. The Bertz CT molecular complexity index is 1810. The number of aromatic nitrogens is 1. The molecule has 0 aliphatic carbocycles. The van der Waals surface area contributed by atoms with Crippen molar-refractivity contribution in [3.05, 3.63) is 106 Å². The van der Waals surface area contributed by atoms with E-state index in [0.717, 1.165) is 22.2 Å². The van der Waals surface area contributed by atoms with Crippen LogP contribution >= 0.6 is 11.8 Å². The van der Waals surface area contributed by atoms with E-state index in [1.54, 1.807) is 18.2 Å². The number of benzene rings is 3. The van der Waals surface area contributed by atoms with Crippen LogP contribution in [0.15, 0.2) is 94.5 Å². The van der Waals surface area contributed by atoms with Gasteiger partial charge in [-0.1, -0.05) is 36.4 Å². The molecule has 0 atom stereocenters. The molecule has 0 fully saturated rings. The Hall–Kier alpha value is -5.23. The van der Waals surface area contributed by atoms with Gasteiger partial charge >= 0.3 is 0 Å². The van der Waals surface area contributed by atoms with Gasteiger partial charge in [0, 0.05) is 34.3 Å². The highest BCUT2D eigenvalue weighted by Crippen LogP contribution is 2.32. The first-order valence-electron chi connectivity index (χ1n) is 13.0. The average molecular weight is 581 g/mol. The average Bonchev–Trinajstić information content (AvgIpc) is 3.53. The van der Waals surface area contributed by atoms with Crippen LogP contribution < -0.4 is 9.47 Å². The molecule has 6 rings (SSSR count). The predicted molar refractivity (Wildman–Crippen MR) is 162 cm³/mol. The summed E-state index contributed by atoms with van der Waals surface area (Å²) in [5, 5.41) is 27.4. The summed E-state index contributed by atoms with van der Waals surface area (Å²) in [4.78, 5) is 27.8. The van der Waals surface area contributed by atoms with Gasteiger partial charge in [0.1, 0.15) is 29.8 Å². The van der Waals surface area contributed by atoms with Crippen LogP contribution in [0, 0.1) is 22.4 Å². The fraction of sp³-hybridized carbons (Fsp3) is 0.133. The number of hydrogen-bond donors (Lipinski definition) is 1. The summed E-state index contributed by atoms with van der Waals surface area (Å²) in [6, 6.07) is 23.1. The molecular weight excluding hydrogens is 556 g/mol. The summed E-state index contributed by atoms with van der Waals surface area (Å²) < 4.78 is 13.7. The van der Waals surface area contributed by atoms with Gasteiger partial charge in [0.05, 0.1) is 17.0 Å². The van der Waals surface area contributed by atoms with Crippen LogP contribution in [-0.2, 0) is 11.3 Å². The molecule has 210 valence electrons. The van der Waals surface area contributed by atoms with Crippen molar-refractivity contribution in [2.45, 2.75) is 13.5 Å². The number of nitrogens with zero attached hydrogens (tertiary/aromatic N) is 5. The number of amidine groups is 2. The van der Waals surface area contributed by atoms with Crippen molar-refractivity contribution in [2.75, 3.05) is 13.2 Å². The van der Waals surface area contributed by atoms with E-state index in [-0.39, 0.29) is 23.7 Å². The highest BCUT2D eigenvalue weighted by atomic mass is 32.2. The van der Waals surface area contributed by atoms with E-state index in [1.807, 2.05) is 61.5 Å². The van der Waals surface area contributed by atoms with Crippen LogP contribution in [0.25, 0.3) is 17.0 Å². The summed E-state index contributed by atoms with van der Waals surface area (Å²) >= 11 is 1.21. The van der Waals surface area contributed by atoms with Crippen molar-refractivity contribution >= 4 is 56.4 Å². The van der Waals surface area contributed by atoms with Crippen molar-refractivity contribution in [3.8, 4) is 11.5 Å². The molecule has 1 N–H and O–H groups in total. The van der Waals surface area contributed by atoms with Crippen molar-refractivity contribution in [1.29, 1.82) is 5.41 Å². The van der Waals surface area contributed by atoms with Crippen LogP contribution in [0.2, 0.25) is 0 Å². The third-order valence-corrected chi connectivity index (χ3v) is 7.68. The monoisotopic (exact) mass is 580 g/mol. The maximum Gasteiger partial charge on any atom is 0.283 e. The van der Waals surface area contributed by atoms with E-state index in [9.17, 15) is 14.9 Å². The van der Waals surface area contributed by atoms with E-state index in [4.69, 9.17) is 14.9 Å². The lowest BCUT2D eigenvalue weighted by Gasteiger charge is -2.20. The van der Waals surface area contributed by atoms with E-state index in [0.29, 0.717) is 34.9 Å². The van der Waals surface area contributed by atoms with Crippen LogP contribution in [0.3, 0.4) is 0 Å². The maximum atomic E-state index is 13.1. The van der Waals surface area contributed by atoms with Crippen LogP contribution in [0.4, 0.5) is 5.69 Å². The van der Waals surface area contributed by atoms with Gasteiger partial charge in [0.25, 0.3) is 11.6 Å². The number of hydrazone groups is 1. The van der Waals surface area contributed by atoms with E-state index in [1.165, 1.54) is 28.9 Å². The zero-order valence-corrected chi connectivity index (χ0v) is 23.2. The highest BCUT2D eigenvalue weighted by molar-refractivity contribution is 8.27. The van der Waals surface area contributed by atoms with E-state index >= 15 is 0 Å². The zero-order valence-electron chi connectivity index (χ0n) is 22.4. The third kappa shape index (κ3) is 5.27. The Labute approximate surface area is 244 Å². The molecule has 42 heavy (non-hydrogen) atoms. The number of nitrogens with one attached hydrogen (secondary N) is 1. The molecule has 0 radical (unpaired) electrons. The molecule has 0 unspecified atom stereocenters. The van der Waals surface area contributed by atoms with Crippen LogP contribution in [0.1, 0.15) is 11.3 Å². The van der Waals surface area contributed by atoms with Crippen LogP contribution in [-0.4, -0.2) is 49.7 Å². The minimum absolute atomic E-state index is 0.00140. The van der Waals surface area contributed by atoms with E-state index in [2.05, 4.69) is 14.7 Å². The summed E-state index contributed by atoms with van der Waals surface area (Å²) in [6.45, 7) is 2.97. The number of non-ortho nitro benzene ring substituents is 1. The maximum absolute atomic E-state index is 13.1. The number of hydrogen-bond acceptors (Lipinski definition) is 8. The Morgan fingerprint density at radius 3 is 2.48 bits per heavy atom. The third-order valence-electron chi connectivity index (χ3n) is 6.80. The first kappa shape index (κ1) is 27.0. The van der Waals surface area contributed by atoms with Gasteiger partial charge in [-0.15, -0.1) is 0 Å². The van der Waals surface area contributed by atoms with Crippen molar-refractivity contribution < 1.29 is 19.2 Å². The van der Waals surface area contributed by atoms with Crippen molar-refractivity contribution in [2.24, 2.45) is 10.1 Å². The molecule has 11 nitrogen and oxygen atoms in total. The minimum atomic E-state index is -0.503. The van der Waals surface area contributed by atoms with Gasteiger partial charge in [-0.25, -0.2) is 0 Å². The van der Waals surface area contributed by atoms with Crippen LogP contribution in [0.5, 0.6) is 11.5 Å². The first-order chi connectivity index (χ1) is 20.4. The van der Waals surface area contributed by atoms with Gasteiger partial charge in [-0.05, 0) is 55.1 Å². The van der Waals surface area contributed by atoms with E-state index < -0.39 is 10.8 Å². The molecule has 0 saturated carbocycles. The molecule has 0 spiro atoms. The zero-order chi connectivity index (χ0) is 29.2. The van der Waals surface area contributed by atoms with Gasteiger partial charge in [-0.3, -0.25) is 20.3 Å². The number of ether oxygens (including phenoxy) is 2. The molecule has 3 aromatic carbocycles. The lowest BCUT2D eigenvalue weighted by Crippen LogP contribution is -2.35. The summed E-state index contributed by atoms with van der Waals surface area (Å²) in [6.07, 6.45) is 1.70. The second-order valence-corrected chi connectivity index (χ2v) is 10.4. The second-order valence-electron chi connectivity index (χ2n) is 9.38. The molecule has 1 amide bonds. The number of carbonyl (C=O) groups is 1. The lowest BCUT2D eigenvalue weighted by atomic mass is 10.1. The Morgan fingerprint density at radius 1 is 1.00 bits per heavy atom. The Kier molecular flexibility index (Phi) is 7.28. The van der Waals surface area contributed by atoms with Gasteiger partial charge in [0.2, 0.25) is 5.17 Å². The number of aliphatic imine (C=N–C) groups is 1. The molecule has 12 heteroatoms. The number of para-hydroxylation sites is 2. The highest BCUT2D eigenvalue weighted by Gasteiger charge is 2.36. The summed E-state index contributed by atoms with van der Waals surface area (Å²) in [5.41, 5.74) is 2.78. The number of rotatable bonds is 9. The van der Waals surface area contributed by atoms with Crippen molar-refractivity contribution in [3.63, 3.8) is 0 Å². The van der Waals surface area contributed by atoms with Gasteiger partial charge in [0.15, 0.2) is 5.84 Å². The smallest absolute Gasteiger partial charge is 0.283 e. The Morgan fingerprint density at radius 2 is 1.71 bits per heavy atom. The molecule has 2 aliphatic rings. The first-order valence-corrected chi connectivity index (χ1v) is 13.8. The SMILES string of the molecule is Cc1c(/C=C2/C(=N)N3N=C(COc4ccccc4)SC3=NC2=O)c2ccccc2n1CCOc1ccc([N+](=O)[O-])cc1. The summed E-state index contributed by atoms with van der Waals surface area (Å²) in [5.74, 6) is 0.677. The number of nitro groups is 1.